The summed E-state index contributed by atoms with van der Waals surface area (Å²) in [5.41, 5.74) is -0.151. The third-order valence-electron chi connectivity index (χ3n) is 2.03. The van der Waals surface area contributed by atoms with Gasteiger partial charge in [-0.15, -0.1) is 0 Å². The Kier molecular flexibility index (Phi) is 4.59. The van der Waals surface area contributed by atoms with Crippen LogP contribution in [0.15, 0.2) is 18.2 Å². The number of carboxylic acids is 1. The first kappa shape index (κ1) is 14.8. The van der Waals surface area contributed by atoms with Gasteiger partial charge in [0.1, 0.15) is 0 Å². The molecular formula is C11H14ClNO4S. The van der Waals surface area contributed by atoms with Crippen molar-refractivity contribution in [2.45, 2.75) is 13.8 Å². The molecule has 1 aromatic rings. The van der Waals surface area contributed by atoms with Crippen LogP contribution in [0.2, 0.25) is 5.02 Å². The average molecular weight is 292 g/mol. The molecule has 0 heterocycles. The molecule has 0 spiro atoms. The van der Waals surface area contributed by atoms with E-state index >= 15 is 0 Å². The molecule has 0 unspecified atom stereocenters. The van der Waals surface area contributed by atoms with Crippen LogP contribution >= 0.6 is 11.6 Å². The monoisotopic (exact) mass is 291 g/mol. The minimum Gasteiger partial charge on any atom is -0.478 e. The number of hydrogen-bond donors (Lipinski definition) is 2. The van der Waals surface area contributed by atoms with Crippen molar-refractivity contribution in [3.05, 3.63) is 28.8 Å². The first-order valence-electron chi connectivity index (χ1n) is 5.24. The standard InChI is InChI=1S/C11H14ClNO4S/c1-7(2)6-18(16,17)13-10-5-8(12)3-4-9(10)11(14)15/h3-5,7,13H,6H2,1-2H3,(H,14,15). The minimum absolute atomic E-state index is 0.0179. The number of halogens is 1. The Morgan fingerprint density at radius 3 is 2.56 bits per heavy atom. The molecule has 1 aromatic carbocycles. The zero-order valence-electron chi connectivity index (χ0n) is 9.97. The van der Waals surface area contributed by atoms with Crippen LogP contribution in [0, 0.1) is 5.92 Å². The van der Waals surface area contributed by atoms with Gasteiger partial charge >= 0.3 is 5.97 Å². The van der Waals surface area contributed by atoms with Crippen molar-refractivity contribution in [1.29, 1.82) is 0 Å². The van der Waals surface area contributed by atoms with Gasteiger partial charge in [-0.25, -0.2) is 13.2 Å². The zero-order valence-corrected chi connectivity index (χ0v) is 11.5. The van der Waals surface area contributed by atoms with Crippen LogP contribution in [0.4, 0.5) is 5.69 Å². The van der Waals surface area contributed by atoms with Crippen molar-refractivity contribution in [2.75, 3.05) is 10.5 Å². The maximum atomic E-state index is 11.7. The van der Waals surface area contributed by atoms with Gasteiger partial charge in [0.2, 0.25) is 10.0 Å². The van der Waals surface area contributed by atoms with Gasteiger partial charge in [0.05, 0.1) is 17.0 Å². The van der Waals surface area contributed by atoms with Crippen molar-refractivity contribution >= 4 is 33.3 Å². The molecule has 0 atom stereocenters. The Labute approximate surface area is 111 Å². The van der Waals surface area contributed by atoms with Crippen LogP contribution in [0.25, 0.3) is 0 Å². The number of sulfonamides is 1. The van der Waals surface area contributed by atoms with Crippen LogP contribution in [0.3, 0.4) is 0 Å². The Morgan fingerprint density at radius 2 is 2.06 bits per heavy atom. The molecule has 0 aliphatic rings. The van der Waals surface area contributed by atoms with Gasteiger partial charge in [0.25, 0.3) is 0 Å². The van der Waals surface area contributed by atoms with Gasteiger partial charge in [-0.2, -0.15) is 0 Å². The molecule has 0 saturated heterocycles. The molecule has 0 amide bonds. The largest absolute Gasteiger partial charge is 0.478 e. The molecule has 1 rings (SSSR count). The number of carbonyl (C=O) groups is 1. The first-order chi connectivity index (χ1) is 8.21. The lowest BCUT2D eigenvalue weighted by molar-refractivity contribution is 0.0698. The van der Waals surface area contributed by atoms with Crippen LogP contribution in [-0.2, 0) is 10.0 Å². The summed E-state index contributed by atoms with van der Waals surface area (Å²) in [4.78, 5) is 11.0. The third kappa shape index (κ3) is 4.19. The van der Waals surface area contributed by atoms with E-state index in [1.54, 1.807) is 13.8 Å². The van der Waals surface area contributed by atoms with Gasteiger partial charge in [0, 0.05) is 5.02 Å². The van der Waals surface area contributed by atoms with Gasteiger partial charge in [-0.3, -0.25) is 4.72 Å². The molecule has 0 saturated carbocycles. The third-order valence-corrected chi connectivity index (χ3v) is 3.90. The fourth-order valence-corrected chi connectivity index (χ4v) is 3.07. The van der Waals surface area contributed by atoms with Gasteiger partial charge < -0.3 is 5.11 Å². The molecule has 7 heteroatoms. The van der Waals surface area contributed by atoms with Crippen LogP contribution in [-0.4, -0.2) is 25.2 Å². The van der Waals surface area contributed by atoms with Gasteiger partial charge in [-0.05, 0) is 24.1 Å². The summed E-state index contributed by atoms with van der Waals surface area (Å²) < 4.78 is 25.7. The highest BCUT2D eigenvalue weighted by Gasteiger charge is 2.17. The van der Waals surface area contributed by atoms with Crippen LogP contribution < -0.4 is 4.72 Å². The number of hydrogen-bond acceptors (Lipinski definition) is 3. The second-order valence-electron chi connectivity index (χ2n) is 4.27. The summed E-state index contributed by atoms with van der Waals surface area (Å²) in [6.45, 7) is 3.52. The lowest BCUT2D eigenvalue weighted by Gasteiger charge is -2.12. The maximum absolute atomic E-state index is 11.7. The second kappa shape index (κ2) is 5.58. The number of aromatic carboxylic acids is 1. The quantitative estimate of drug-likeness (QED) is 0.873. The van der Waals surface area contributed by atoms with Crippen molar-refractivity contribution in [3.63, 3.8) is 0 Å². The van der Waals surface area contributed by atoms with Crippen molar-refractivity contribution < 1.29 is 18.3 Å². The smallest absolute Gasteiger partial charge is 0.337 e. The molecule has 18 heavy (non-hydrogen) atoms. The van der Waals surface area contributed by atoms with Crippen LogP contribution in [0.5, 0.6) is 0 Å². The summed E-state index contributed by atoms with van der Waals surface area (Å²) >= 11 is 5.73. The van der Waals surface area contributed by atoms with Gasteiger partial charge in [-0.1, -0.05) is 25.4 Å². The lowest BCUT2D eigenvalue weighted by Crippen LogP contribution is -2.21. The van der Waals surface area contributed by atoms with E-state index in [1.165, 1.54) is 18.2 Å². The number of nitrogens with one attached hydrogen (secondary N) is 1. The van der Waals surface area contributed by atoms with E-state index in [9.17, 15) is 13.2 Å². The van der Waals surface area contributed by atoms with E-state index in [-0.39, 0.29) is 27.9 Å². The summed E-state index contributed by atoms with van der Waals surface area (Å²) in [7, 11) is -3.58. The Bertz CT molecular complexity index is 554. The number of anilines is 1. The SMILES string of the molecule is CC(C)CS(=O)(=O)Nc1cc(Cl)ccc1C(=O)O. The molecule has 0 aromatic heterocycles. The molecule has 0 fully saturated rings. The highest BCUT2D eigenvalue weighted by atomic mass is 35.5. The van der Waals surface area contributed by atoms with Crippen LogP contribution in [0.1, 0.15) is 24.2 Å². The Hall–Kier alpha value is -1.27. The second-order valence-corrected chi connectivity index (χ2v) is 6.48. The number of rotatable bonds is 5. The highest BCUT2D eigenvalue weighted by Crippen LogP contribution is 2.22. The molecule has 0 aliphatic carbocycles. The first-order valence-corrected chi connectivity index (χ1v) is 7.27. The number of carboxylic acid groups (broad SMARTS) is 1. The maximum Gasteiger partial charge on any atom is 0.337 e. The normalized spacial score (nSPS) is 11.6. The topological polar surface area (TPSA) is 83.5 Å². The fraction of sp³-hybridized carbons (Fsp3) is 0.364. The van der Waals surface area contributed by atoms with Crippen molar-refractivity contribution in [3.8, 4) is 0 Å². The van der Waals surface area contributed by atoms with E-state index < -0.39 is 16.0 Å². The lowest BCUT2D eigenvalue weighted by atomic mass is 10.2. The Morgan fingerprint density at radius 1 is 1.44 bits per heavy atom. The summed E-state index contributed by atoms with van der Waals surface area (Å²) in [6, 6.07) is 3.94. The molecule has 0 aliphatic heterocycles. The minimum atomic E-state index is -3.58. The summed E-state index contributed by atoms with van der Waals surface area (Å²) in [5.74, 6) is -1.36. The van der Waals surface area contributed by atoms with E-state index in [2.05, 4.69) is 4.72 Å². The van der Waals surface area contributed by atoms with E-state index in [4.69, 9.17) is 16.7 Å². The van der Waals surface area contributed by atoms with E-state index in [0.29, 0.717) is 0 Å². The average Bonchev–Trinajstić information content (AvgIpc) is 2.13. The fourth-order valence-electron chi connectivity index (χ4n) is 1.44. The van der Waals surface area contributed by atoms with E-state index in [1.807, 2.05) is 0 Å². The van der Waals surface area contributed by atoms with Gasteiger partial charge in [0.15, 0.2) is 0 Å². The molecule has 100 valence electrons. The molecule has 2 N–H and O–H groups in total. The van der Waals surface area contributed by atoms with Crippen molar-refractivity contribution in [2.24, 2.45) is 5.92 Å². The highest BCUT2D eigenvalue weighted by molar-refractivity contribution is 7.92. The molecule has 5 nitrogen and oxygen atoms in total. The summed E-state index contributed by atoms with van der Waals surface area (Å²) in [5, 5.41) is 9.22. The van der Waals surface area contributed by atoms with E-state index in [0.717, 1.165) is 0 Å². The Balaban J connectivity index is 3.10. The summed E-state index contributed by atoms with van der Waals surface area (Å²) in [6.07, 6.45) is 0. The molecule has 0 bridgehead atoms. The molecular weight excluding hydrogens is 278 g/mol. The zero-order chi connectivity index (χ0) is 13.9. The van der Waals surface area contributed by atoms with Crippen molar-refractivity contribution in [1.82, 2.24) is 0 Å². The number of benzene rings is 1. The predicted octanol–water partition coefficient (Wildman–Crippen LogP) is 2.44. The predicted molar refractivity (Wildman–Crippen MR) is 70.7 cm³/mol. The molecule has 0 radical (unpaired) electrons.